The van der Waals surface area contributed by atoms with Gasteiger partial charge in [-0.05, 0) is 60.7 Å². The number of rotatable bonds is 4. The number of nitrogens with zero attached hydrogens (tertiary/aromatic N) is 4. The molecule has 0 aliphatic heterocycles. The molecule has 0 fully saturated rings. The van der Waals surface area contributed by atoms with Crippen LogP contribution in [0, 0.1) is 0 Å². The molecule has 5 rings (SSSR count). The Labute approximate surface area is 193 Å². The number of hydrogen-bond acceptors (Lipinski definition) is 6. The third-order valence-electron chi connectivity index (χ3n) is 4.85. The molecule has 0 aliphatic rings. The minimum atomic E-state index is -1.00. The first-order valence-corrected chi connectivity index (χ1v) is 10.2. The van der Waals surface area contributed by atoms with Crippen LogP contribution in [0.5, 0.6) is 0 Å². The molecule has 2 heterocycles. The molecule has 5 aromatic rings. The minimum absolute atomic E-state index is 0.176. The van der Waals surface area contributed by atoms with E-state index in [-0.39, 0.29) is 11.1 Å². The first kappa shape index (κ1) is 22.2. The van der Waals surface area contributed by atoms with Crippen LogP contribution in [0.3, 0.4) is 0 Å². The average Bonchev–Trinajstić information content (AvgIpc) is 2.88. The second-order valence-corrected chi connectivity index (χ2v) is 7.12. The van der Waals surface area contributed by atoms with Gasteiger partial charge in [-0.2, -0.15) is 10.2 Å². The lowest BCUT2D eigenvalue weighted by Crippen LogP contribution is -1.94. The van der Waals surface area contributed by atoms with Gasteiger partial charge in [-0.1, -0.05) is 24.3 Å². The van der Waals surface area contributed by atoms with Crippen LogP contribution in [-0.2, 0) is 0 Å². The number of carboxylic acid groups (broad SMARTS) is 2. The fraction of sp³-hybridized carbons (Fsp3) is 0. The molecule has 0 aliphatic carbocycles. The number of benzene rings is 3. The average molecular weight is 450 g/mol. The standard InChI is InChI=1S/C14H10N2O4.C12H8N2/c17-13(18)9-1-5-11(6-2-9)15-16-12-7-3-10(4-8-12)14(19)20;1-3-9-5-6-10-4-2-8-14-12(10)11(9)13-7-1/h1-8H,(H,17,18)(H,19,20);1-8H. The number of aromatic nitrogens is 2. The highest BCUT2D eigenvalue weighted by molar-refractivity contribution is 6.02. The summed E-state index contributed by atoms with van der Waals surface area (Å²) in [7, 11) is 0. The van der Waals surface area contributed by atoms with E-state index in [1.807, 2.05) is 12.1 Å². The van der Waals surface area contributed by atoms with Crippen LogP contribution in [-0.4, -0.2) is 32.1 Å². The lowest BCUT2D eigenvalue weighted by Gasteiger charge is -2.00. The van der Waals surface area contributed by atoms with Gasteiger partial charge in [0.15, 0.2) is 0 Å². The Morgan fingerprint density at radius 2 is 0.941 bits per heavy atom. The van der Waals surface area contributed by atoms with Crippen LogP contribution >= 0.6 is 0 Å². The maximum absolute atomic E-state index is 10.7. The summed E-state index contributed by atoms with van der Waals surface area (Å²) in [5, 5.41) is 27.7. The summed E-state index contributed by atoms with van der Waals surface area (Å²) in [6, 6.07) is 24.0. The molecular weight excluding hydrogens is 432 g/mol. The van der Waals surface area contributed by atoms with Gasteiger partial charge in [0.25, 0.3) is 0 Å². The van der Waals surface area contributed by atoms with E-state index in [0.717, 1.165) is 21.8 Å². The van der Waals surface area contributed by atoms with Gasteiger partial charge in [0.1, 0.15) is 0 Å². The third-order valence-corrected chi connectivity index (χ3v) is 4.85. The van der Waals surface area contributed by atoms with Crippen molar-refractivity contribution in [2.75, 3.05) is 0 Å². The van der Waals surface area contributed by atoms with Crippen molar-refractivity contribution in [2.45, 2.75) is 0 Å². The number of hydrogen-bond donors (Lipinski definition) is 2. The zero-order valence-electron chi connectivity index (χ0n) is 17.7. The van der Waals surface area contributed by atoms with Gasteiger partial charge in [-0.15, -0.1) is 0 Å². The quantitative estimate of drug-likeness (QED) is 0.245. The fourth-order valence-electron chi connectivity index (χ4n) is 3.14. The third kappa shape index (κ3) is 5.25. The summed E-state index contributed by atoms with van der Waals surface area (Å²) in [5.74, 6) is -2.00. The lowest BCUT2D eigenvalue weighted by atomic mass is 10.1. The first-order valence-electron chi connectivity index (χ1n) is 10.2. The monoisotopic (exact) mass is 450 g/mol. The summed E-state index contributed by atoms with van der Waals surface area (Å²) < 4.78 is 0. The molecule has 0 saturated carbocycles. The van der Waals surface area contributed by atoms with Gasteiger partial charge in [0.05, 0.1) is 33.5 Å². The van der Waals surface area contributed by atoms with Crippen LogP contribution < -0.4 is 0 Å². The number of pyridine rings is 2. The molecule has 0 bridgehead atoms. The van der Waals surface area contributed by atoms with Crippen molar-refractivity contribution in [1.82, 2.24) is 9.97 Å². The van der Waals surface area contributed by atoms with Crippen molar-refractivity contribution in [3.8, 4) is 0 Å². The van der Waals surface area contributed by atoms with E-state index in [9.17, 15) is 9.59 Å². The van der Waals surface area contributed by atoms with Crippen molar-refractivity contribution < 1.29 is 19.8 Å². The topological polar surface area (TPSA) is 125 Å². The Morgan fingerprint density at radius 1 is 0.559 bits per heavy atom. The normalized spacial score (nSPS) is 10.7. The van der Waals surface area contributed by atoms with Crippen molar-refractivity contribution >= 4 is 45.1 Å². The summed E-state index contributed by atoms with van der Waals surface area (Å²) in [4.78, 5) is 30.0. The van der Waals surface area contributed by atoms with Gasteiger partial charge in [0.2, 0.25) is 0 Å². The van der Waals surface area contributed by atoms with E-state index in [4.69, 9.17) is 10.2 Å². The maximum atomic E-state index is 10.7. The molecule has 0 radical (unpaired) electrons. The largest absolute Gasteiger partial charge is 0.478 e. The van der Waals surface area contributed by atoms with Crippen LogP contribution in [0.4, 0.5) is 11.4 Å². The van der Waals surface area contributed by atoms with Crippen LogP contribution in [0.15, 0.2) is 108 Å². The van der Waals surface area contributed by atoms with Gasteiger partial charge in [-0.25, -0.2) is 9.59 Å². The summed E-state index contributed by atoms with van der Waals surface area (Å²) >= 11 is 0. The summed E-state index contributed by atoms with van der Waals surface area (Å²) in [5.41, 5.74) is 3.33. The predicted octanol–water partition coefficient (Wildman–Crippen LogP) is 6.28. The van der Waals surface area contributed by atoms with Crippen LogP contribution in [0.25, 0.3) is 21.8 Å². The molecule has 8 heteroatoms. The van der Waals surface area contributed by atoms with Crippen molar-refractivity contribution in [1.29, 1.82) is 0 Å². The van der Waals surface area contributed by atoms with Crippen molar-refractivity contribution in [3.63, 3.8) is 0 Å². The number of azo groups is 1. The molecule has 0 unspecified atom stereocenters. The Morgan fingerprint density at radius 3 is 1.29 bits per heavy atom. The molecule has 8 nitrogen and oxygen atoms in total. The van der Waals surface area contributed by atoms with E-state index in [1.54, 1.807) is 36.7 Å². The van der Waals surface area contributed by atoms with E-state index in [1.165, 1.54) is 24.3 Å². The van der Waals surface area contributed by atoms with E-state index >= 15 is 0 Å². The van der Waals surface area contributed by atoms with Gasteiger partial charge >= 0.3 is 11.9 Å². The molecule has 0 saturated heterocycles. The minimum Gasteiger partial charge on any atom is -0.478 e. The van der Waals surface area contributed by atoms with E-state index < -0.39 is 11.9 Å². The number of fused-ring (bicyclic) bond motifs is 3. The van der Waals surface area contributed by atoms with Gasteiger partial charge in [0, 0.05) is 23.2 Å². The number of carboxylic acids is 2. The highest BCUT2D eigenvalue weighted by Gasteiger charge is 2.03. The van der Waals surface area contributed by atoms with E-state index in [2.05, 4.69) is 44.5 Å². The molecule has 2 N–H and O–H groups in total. The number of carbonyl (C=O) groups is 2. The highest BCUT2D eigenvalue weighted by Crippen LogP contribution is 2.21. The highest BCUT2D eigenvalue weighted by atomic mass is 16.4. The fourth-order valence-corrected chi connectivity index (χ4v) is 3.14. The SMILES string of the molecule is O=C(O)c1ccc(N=Nc2ccc(C(=O)O)cc2)cc1.c1cnc2c(c1)ccc1cccnc12. The molecule has 2 aromatic heterocycles. The van der Waals surface area contributed by atoms with Crippen molar-refractivity contribution in [2.24, 2.45) is 10.2 Å². The molecule has 0 atom stereocenters. The molecule has 34 heavy (non-hydrogen) atoms. The van der Waals surface area contributed by atoms with E-state index in [0.29, 0.717) is 11.4 Å². The second kappa shape index (κ2) is 10.1. The molecule has 166 valence electrons. The smallest absolute Gasteiger partial charge is 0.335 e. The maximum Gasteiger partial charge on any atom is 0.335 e. The Balaban J connectivity index is 0.000000170. The van der Waals surface area contributed by atoms with Gasteiger partial charge in [-0.3, -0.25) is 9.97 Å². The van der Waals surface area contributed by atoms with Crippen LogP contribution in [0.1, 0.15) is 20.7 Å². The molecule has 3 aromatic carbocycles. The van der Waals surface area contributed by atoms with Crippen molar-refractivity contribution in [3.05, 3.63) is 108 Å². The van der Waals surface area contributed by atoms with Gasteiger partial charge < -0.3 is 10.2 Å². The first-order chi connectivity index (χ1) is 16.5. The Bertz CT molecular complexity index is 1380. The molecule has 0 spiro atoms. The molecule has 0 amide bonds. The predicted molar refractivity (Wildman–Crippen MR) is 128 cm³/mol. The zero-order chi connectivity index (χ0) is 23.9. The summed E-state index contributed by atoms with van der Waals surface area (Å²) in [6.07, 6.45) is 3.60. The Hall–Kier alpha value is -4.98. The lowest BCUT2D eigenvalue weighted by molar-refractivity contribution is 0.0686. The van der Waals surface area contributed by atoms with Crippen LogP contribution in [0.2, 0.25) is 0 Å². The second-order valence-electron chi connectivity index (χ2n) is 7.12. The summed E-state index contributed by atoms with van der Waals surface area (Å²) in [6.45, 7) is 0. The molecular formula is C26H18N4O4. The Kier molecular flexibility index (Phi) is 6.60. The zero-order valence-corrected chi connectivity index (χ0v) is 17.7. The number of aromatic carboxylic acids is 2.